The predicted octanol–water partition coefficient (Wildman–Crippen LogP) is 4.33. The van der Waals surface area contributed by atoms with Crippen LogP contribution in [0, 0.1) is 10.8 Å². The number of amides is 1. The molecular weight excluding hydrogens is 470 g/mol. The highest BCUT2D eigenvalue weighted by Gasteiger charge is 2.44. The Kier molecular flexibility index (Phi) is 14.7. The van der Waals surface area contributed by atoms with Crippen LogP contribution in [0.1, 0.15) is 84.6 Å². The second-order valence-electron chi connectivity index (χ2n) is 11.3. The maximum absolute atomic E-state index is 13.0. The van der Waals surface area contributed by atoms with Gasteiger partial charge in [-0.15, -0.1) is 6.58 Å². The van der Waals surface area contributed by atoms with Crippen LogP contribution in [0.3, 0.4) is 0 Å². The Balaban J connectivity index is 2.68. The molecule has 0 aromatic heterocycles. The number of rotatable bonds is 19. The predicted molar refractivity (Wildman–Crippen MR) is 147 cm³/mol. The van der Waals surface area contributed by atoms with E-state index < -0.39 is 35.0 Å². The van der Waals surface area contributed by atoms with E-state index in [1.54, 1.807) is 27.7 Å². The normalized spacial score (nSPS) is 14.5. The highest BCUT2D eigenvalue weighted by Crippen LogP contribution is 2.36. The molecule has 37 heavy (non-hydrogen) atoms. The minimum atomic E-state index is -1.17. The molecule has 7 nitrogen and oxygen atoms in total. The average molecular weight is 520 g/mol. The molecule has 4 N–H and O–H groups in total. The van der Waals surface area contributed by atoms with Crippen LogP contribution < -0.4 is 5.32 Å². The van der Waals surface area contributed by atoms with E-state index >= 15 is 0 Å². The van der Waals surface area contributed by atoms with Gasteiger partial charge in [0, 0.05) is 23.7 Å². The first kappa shape index (κ1) is 32.8. The molecule has 0 aliphatic rings. The van der Waals surface area contributed by atoms with Crippen molar-refractivity contribution in [2.45, 2.75) is 104 Å². The summed E-state index contributed by atoms with van der Waals surface area (Å²) in [5.74, 6) is -0.837. The summed E-state index contributed by atoms with van der Waals surface area (Å²) < 4.78 is 5.43. The van der Waals surface area contributed by atoms with Gasteiger partial charge in [-0.1, -0.05) is 89.8 Å². The highest BCUT2D eigenvalue weighted by molar-refractivity contribution is 5.84. The number of carbonyl (C=O) groups is 2. The lowest BCUT2D eigenvalue weighted by Crippen LogP contribution is -2.51. The monoisotopic (exact) mass is 519 g/mol. The van der Waals surface area contributed by atoms with Crippen LogP contribution in [0.25, 0.3) is 0 Å². The number of benzene rings is 1. The van der Waals surface area contributed by atoms with Gasteiger partial charge in [-0.25, -0.2) is 4.79 Å². The number of carbonyl (C=O) groups excluding carboxylic acids is 2. The Morgan fingerprint density at radius 3 is 2.19 bits per heavy atom. The van der Waals surface area contributed by atoms with Gasteiger partial charge in [0.05, 0.1) is 18.8 Å². The van der Waals surface area contributed by atoms with Gasteiger partial charge in [0.25, 0.3) is 0 Å². The third-order valence-corrected chi connectivity index (χ3v) is 7.06. The molecule has 0 bridgehead atoms. The van der Waals surface area contributed by atoms with Gasteiger partial charge in [0.2, 0.25) is 5.91 Å². The molecule has 0 spiro atoms. The minimum Gasteiger partial charge on any atom is -0.461 e. The number of hydrogen-bond acceptors (Lipinski definition) is 6. The van der Waals surface area contributed by atoms with Gasteiger partial charge >= 0.3 is 5.97 Å². The summed E-state index contributed by atoms with van der Waals surface area (Å²) in [6.07, 6.45) is 7.62. The van der Waals surface area contributed by atoms with E-state index in [2.05, 4.69) is 11.9 Å². The van der Waals surface area contributed by atoms with Crippen LogP contribution in [-0.2, 0) is 20.7 Å². The van der Waals surface area contributed by atoms with Gasteiger partial charge in [-0.05, 0) is 24.8 Å². The minimum absolute atomic E-state index is 0.203. The lowest BCUT2D eigenvalue weighted by atomic mass is 9.69. The zero-order chi connectivity index (χ0) is 27.9. The smallest absolute Gasteiger partial charge is 0.329 e. The average Bonchev–Trinajstić information content (AvgIpc) is 2.88. The van der Waals surface area contributed by atoms with Gasteiger partial charge in [-0.3, -0.25) is 4.79 Å². The lowest BCUT2D eigenvalue weighted by molar-refractivity contribution is -0.160. The molecule has 210 valence electrons. The van der Waals surface area contributed by atoms with E-state index in [4.69, 9.17) is 4.74 Å². The van der Waals surface area contributed by atoms with Crippen molar-refractivity contribution in [3.63, 3.8) is 0 Å². The third-order valence-electron chi connectivity index (χ3n) is 7.06. The zero-order valence-electron chi connectivity index (χ0n) is 23.2. The Labute approximate surface area is 223 Å². The first-order chi connectivity index (χ1) is 17.5. The maximum atomic E-state index is 13.0. The van der Waals surface area contributed by atoms with E-state index in [1.165, 1.54) is 6.42 Å². The topological polar surface area (TPSA) is 116 Å². The molecule has 1 amide bonds. The van der Waals surface area contributed by atoms with Crippen LogP contribution >= 0.6 is 0 Å². The number of allylic oxidation sites excluding steroid dienone is 1. The summed E-state index contributed by atoms with van der Waals surface area (Å²) in [6, 6.07) is 8.48. The first-order valence-corrected chi connectivity index (χ1v) is 13.5. The van der Waals surface area contributed by atoms with Crippen LogP contribution in [-0.4, -0.2) is 58.7 Å². The molecule has 0 saturated carbocycles. The van der Waals surface area contributed by atoms with Crippen molar-refractivity contribution in [1.82, 2.24) is 5.32 Å². The van der Waals surface area contributed by atoms with Crippen LogP contribution in [0.15, 0.2) is 43.0 Å². The molecule has 1 rings (SSSR count). The van der Waals surface area contributed by atoms with Gasteiger partial charge in [0.1, 0.15) is 12.6 Å². The highest BCUT2D eigenvalue weighted by atomic mass is 16.5. The molecule has 0 aliphatic carbocycles. The number of ether oxygens (including phenoxy) is 1. The molecule has 7 heteroatoms. The number of hydrogen-bond donors (Lipinski definition) is 4. The summed E-state index contributed by atoms with van der Waals surface area (Å²) in [5, 5.41) is 33.9. The number of aliphatic hydroxyl groups excluding tert-OH is 3. The van der Waals surface area contributed by atoms with Crippen LogP contribution in [0.2, 0.25) is 0 Å². The van der Waals surface area contributed by atoms with Crippen LogP contribution in [0.5, 0.6) is 0 Å². The van der Waals surface area contributed by atoms with Crippen molar-refractivity contribution < 1.29 is 29.6 Å². The van der Waals surface area contributed by atoms with Crippen molar-refractivity contribution in [3.8, 4) is 0 Å². The number of unbranched alkanes of at least 4 members (excludes halogenated alkanes) is 6. The second-order valence-corrected chi connectivity index (χ2v) is 11.3. The fourth-order valence-corrected chi connectivity index (χ4v) is 4.34. The molecule has 0 heterocycles. The Morgan fingerprint density at radius 1 is 1.00 bits per heavy atom. The van der Waals surface area contributed by atoms with Crippen molar-refractivity contribution >= 4 is 11.9 Å². The van der Waals surface area contributed by atoms with E-state index in [1.807, 2.05) is 36.4 Å². The molecule has 3 atom stereocenters. The van der Waals surface area contributed by atoms with Gasteiger partial charge in [0.15, 0.2) is 0 Å². The lowest BCUT2D eigenvalue weighted by Gasteiger charge is -2.42. The number of nitrogens with one attached hydrogen (secondary N) is 1. The summed E-state index contributed by atoms with van der Waals surface area (Å²) in [4.78, 5) is 25.6. The molecular formula is C30H49NO6. The summed E-state index contributed by atoms with van der Waals surface area (Å²) in [6.45, 7) is 9.86. The summed E-state index contributed by atoms with van der Waals surface area (Å²) >= 11 is 0. The third kappa shape index (κ3) is 11.8. The van der Waals surface area contributed by atoms with E-state index in [0.717, 1.165) is 44.1 Å². The van der Waals surface area contributed by atoms with Crippen molar-refractivity contribution in [1.29, 1.82) is 0 Å². The van der Waals surface area contributed by atoms with E-state index in [9.17, 15) is 24.9 Å². The zero-order valence-corrected chi connectivity index (χ0v) is 23.2. The number of aliphatic hydroxyl groups is 3. The Hall–Kier alpha value is -2.22. The Bertz CT molecular complexity index is 808. The van der Waals surface area contributed by atoms with Crippen molar-refractivity contribution in [2.24, 2.45) is 10.8 Å². The van der Waals surface area contributed by atoms with Gasteiger partial charge in [-0.2, -0.15) is 0 Å². The maximum Gasteiger partial charge on any atom is 0.329 e. The van der Waals surface area contributed by atoms with Crippen molar-refractivity contribution in [3.05, 3.63) is 48.6 Å². The summed E-state index contributed by atoms with van der Waals surface area (Å²) in [7, 11) is 0. The van der Waals surface area contributed by atoms with Crippen LogP contribution in [0.4, 0.5) is 0 Å². The largest absolute Gasteiger partial charge is 0.461 e. The second kappa shape index (κ2) is 16.6. The number of esters is 1. The van der Waals surface area contributed by atoms with Gasteiger partial charge < -0.3 is 25.4 Å². The Morgan fingerprint density at radius 2 is 1.59 bits per heavy atom. The fraction of sp³-hybridized carbons (Fsp3) is 0.667. The quantitative estimate of drug-likeness (QED) is 0.123. The van der Waals surface area contributed by atoms with E-state index in [0.29, 0.717) is 6.42 Å². The molecule has 3 unspecified atom stereocenters. The molecule has 0 fully saturated rings. The first-order valence-electron chi connectivity index (χ1n) is 13.5. The SMILES string of the molecule is C=CCCCCCCCCC(=O)NC(Cc1ccccc1)C(=O)OCC(O)C(C)(C)C(O)C(C)(C)CO. The molecule has 0 radical (unpaired) electrons. The molecule has 1 aromatic carbocycles. The van der Waals surface area contributed by atoms with Crippen molar-refractivity contribution in [2.75, 3.05) is 13.2 Å². The summed E-state index contributed by atoms with van der Waals surface area (Å²) in [5.41, 5.74) is -1.01. The van der Waals surface area contributed by atoms with E-state index in [-0.39, 0.29) is 25.5 Å². The molecule has 0 saturated heterocycles. The fourth-order valence-electron chi connectivity index (χ4n) is 4.34. The standard InChI is InChI=1S/C30H49NO6/c1-6-7-8-9-10-11-12-16-19-26(34)31-24(20-23-17-14-13-15-18-23)27(35)37-21-25(33)30(4,5)28(36)29(2,3)22-32/h6,13-15,17-18,24-25,28,32-33,36H,1,7-12,16,19-22H2,2-5H3,(H,31,34). The molecule has 0 aliphatic heterocycles. The molecule has 1 aromatic rings.